The Hall–Kier alpha value is -1.89. The molecule has 0 spiro atoms. The molecule has 1 N–H and O–H groups in total. The van der Waals surface area contributed by atoms with Crippen molar-refractivity contribution in [2.75, 3.05) is 19.8 Å². The lowest BCUT2D eigenvalue weighted by molar-refractivity contribution is -0.158. The predicted molar refractivity (Wildman–Crippen MR) is 62.2 cm³/mol. The minimum Gasteiger partial charge on any atom is -0.481 e. The molecule has 0 bridgehead atoms. The summed E-state index contributed by atoms with van der Waals surface area (Å²) < 4.78 is 14.5. The Bertz CT molecular complexity index is 384. The lowest BCUT2D eigenvalue weighted by Gasteiger charge is -2.14. The molecule has 0 aromatic rings. The lowest BCUT2D eigenvalue weighted by atomic mass is 10.1. The van der Waals surface area contributed by atoms with Crippen LogP contribution in [0.3, 0.4) is 0 Å². The molecule has 0 aliphatic carbocycles. The molecule has 1 heterocycles. The van der Waals surface area contributed by atoms with Gasteiger partial charge in [0.1, 0.15) is 25.2 Å². The number of carboxylic acid groups (broad SMARTS) is 1. The first-order chi connectivity index (χ1) is 8.90. The number of rotatable bonds is 8. The van der Waals surface area contributed by atoms with Gasteiger partial charge in [-0.15, -0.1) is 0 Å². The molecule has 19 heavy (non-hydrogen) atoms. The smallest absolute Gasteiger partial charge is 0.333 e. The first kappa shape index (κ1) is 15.2. The molecular weight excluding hydrogens is 256 g/mol. The van der Waals surface area contributed by atoms with E-state index in [1.54, 1.807) is 0 Å². The predicted octanol–water partition coefficient (Wildman–Crippen LogP) is 0.139. The van der Waals surface area contributed by atoms with E-state index in [4.69, 9.17) is 19.3 Å². The molecule has 0 saturated carbocycles. The van der Waals surface area contributed by atoms with Crippen LogP contribution in [-0.2, 0) is 28.6 Å². The topological polar surface area (TPSA) is 102 Å². The van der Waals surface area contributed by atoms with Crippen molar-refractivity contribution >= 4 is 17.9 Å². The van der Waals surface area contributed by atoms with Crippen molar-refractivity contribution in [3.8, 4) is 0 Å². The summed E-state index contributed by atoms with van der Waals surface area (Å²) in [5, 5.41) is 8.71. The second kappa shape index (κ2) is 6.89. The maximum absolute atomic E-state index is 11.6. The van der Waals surface area contributed by atoms with E-state index in [1.165, 1.54) is 6.92 Å². The average molecular weight is 272 g/mol. The Labute approximate surface area is 110 Å². The Balaban J connectivity index is 2.44. The number of aliphatic carboxylic acids is 1. The third-order valence-electron chi connectivity index (χ3n) is 2.33. The van der Waals surface area contributed by atoms with Crippen molar-refractivity contribution in [3.05, 3.63) is 12.2 Å². The number of carboxylic acids is 1. The monoisotopic (exact) mass is 272 g/mol. The maximum Gasteiger partial charge on any atom is 0.333 e. The molecule has 0 aromatic carbocycles. The molecule has 106 valence electrons. The third kappa shape index (κ3) is 6.01. The lowest BCUT2D eigenvalue weighted by Crippen LogP contribution is -2.27. The van der Waals surface area contributed by atoms with Crippen molar-refractivity contribution < 1.29 is 33.7 Å². The fourth-order valence-corrected chi connectivity index (χ4v) is 1.18. The van der Waals surface area contributed by atoms with E-state index in [2.05, 4.69) is 6.58 Å². The number of hydrogen-bond acceptors (Lipinski definition) is 6. The molecule has 1 saturated heterocycles. The Morgan fingerprint density at radius 2 is 2.05 bits per heavy atom. The first-order valence-electron chi connectivity index (χ1n) is 5.72. The van der Waals surface area contributed by atoms with Crippen molar-refractivity contribution in [3.63, 3.8) is 0 Å². The molecule has 1 rings (SSSR count). The van der Waals surface area contributed by atoms with Gasteiger partial charge in [-0.25, -0.2) is 4.79 Å². The number of epoxide rings is 1. The minimum absolute atomic E-state index is 0.0867. The first-order valence-corrected chi connectivity index (χ1v) is 5.72. The van der Waals surface area contributed by atoms with Crippen LogP contribution < -0.4 is 0 Å². The van der Waals surface area contributed by atoms with Crippen LogP contribution in [0.25, 0.3) is 0 Å². The van der Waals surface area contributed by atoms with Crippen LogP contribution in [0.15, 0.2) is 12.2 Å². The summed E-state index contributed by atoms with van der Waals surface area (Å²) in [6.45, 7) is 5.11. The van der Waals surface area contributed by atoms with Gasteiger partial charge in [0.2, 0.25) is 0 Å². The van der Waals surface area contributed by atoms with E-state index in [-0.39, 0.29) is 24.9 Å². The van der Waals surface area contributed by atoms with Gasteiger partial charge < -0.3 is 19.3 Å². The zero-order valence-corrected chi connectivity index (χ0v) is 10.6. The third-order valence-corrected chi connectivity index (χ3v) is 2.33. The molecule has 1 aliphatic heterocycles. The second-order valence-corrected chi connectivity index (χ2v) is 4.26. The molecule has 1 fully saturated rings. The minimum atomic E-state index is -1.17. The number of esters is 2. The molecule has 2 unspecified atom stereocenters. The summed E-state index contributed by atoms with van der Waals surface area (Å²) in [7, 11) is 0. The maximum atomic E-state index is 11.6. The van der Waals surface area contributed by atoms with Crippen LogP contribution in [0.1, 0.15) is 13.3 Å². The summed E-state index contributed by atoms with van der Waals surface area (Å²) >= 11 is 0. The van der Waals surface area contributed by atoms with Crippen LogP contribution in [0.4, 0.5) is 0 Å². The van der Waals surface area contributed by atoms with Crippen molar-refractivity contribution in [1.82, 2.24) is 0 Å². The largest absolute Gasteiger partial charge is 0.481 e. The molecule has 7 nitrogen and oxygen atoms in total. The van der Waals surface area contributed by atoms with E-state index < -0.39 is 30.2 Å². The summed E-state index contributed by atoms with van der Waals surface area (Å²) in [4.78, 5) is 33.5. The van der Waals surface area contributed by atoms with Crippen LogP contribution >= 0.6 is 0 Å². The Morgan fingerprint density at radius 1 is 1.42 bits per heavy atom. The van der Waals surface area contributed by atoms with Crippen molar-refractivity contribution in [1.29, 1.82) is 0 Å². The molecule has 7 heteroatoms. The van der Waals surface area contributed by atoms with Crippen LogP contribution in [-0.4, -0.2) is 48.9 Å². The Kier molecular flexibility index (Phi) is 5.50. The fourth-order valence-electron chi connectivity index (χ4n) is 1.18. The highest BCUT2D eigenvalue weighted by Gasteiger charge is 2.29. The van der Waals surface area contributed by atoms with Gasteiger partial charge in [0.05, 0.1) is 13.0 Å². The van der Waals surface area contributed by atoms with E-state index in [0.29, 0.717) is 6.61 Å². The zero-order chi connectivity index (χ0) is 14.4. The zero-order valence-electron chi connectivity index (χ0n) is 10.6. The normalized spacial score (nSPS) is 18.3. The van der Waals surface area contributed by atoms with Gasteiger partial charge in [-0.1, -0.05) is 6.58 Å². The Morgan fingerprint density at radius 3 is 2.53 bits per heavy atom. The van der Waals surface area contributed by atoms with Gasteiger partial charge in [0.15, 0.2) is 0 Å². The SMILES string of the molecule is C=C(C)C(=O)OCC(CC(=O)O)C(=O)OCC1CO1. The van der Waals surface area contributed by atoms with Crippen LogP contribution in [0.2, 0.25) is 0 Å². The molecule has 0 radical (unpaired) electrons. The molecule has 0 aromatic heterocycles. The highest BCUT2D eigenvalue weighted by atomic mass is 16.6. The fraction of sp³-hybridized carbons (Fsp3) is 0.583. The number of ether oxygens (including phenoxy) is 3. The van der Waals surface area contributed by atoms with E-state index in [9.17, 15) is 14.4 Å². The van der Waals surface area contributed by atoms with Gasteiger partial charge in [-0.2, -0.15) is 0 Å². The number of carbonyl (C=O) groups is 3. The average Bonchev–Trinajstić information content (AvgIpc) is 3.14. The van der Waals surface area contributed by atoms with Gasteiger partial charge >= 0.3 is 17.9 Å². The van der Waals surface area contributed by atoms with Crippen LogP contribution in [0, 0.1) is 5.92 Å². The summed E-state index contributed by atoms with van der Waals surface area (Å²) in [5.74, 6) is -3.59. The highest BCUT2D eigenvalue weighted by molar-refractivity contribution is 5.87. The van der Waals surface area contributed by atoms with Gasteiger partial charge in [0.25, 0.3) is 0 Å². The van der Waals surface area contributed by atoms with Gasteiger partial charge in [-0.3, -0.25) is 9.59 Å². The molecule has 0 amide bonds. The van der Waals surface area contributed by atoms with Crippen molar-refractivity contribution in [2.45, 2.75) is 19.4 Å². The standard InChI is InChI=1S/C12H16O7/c1-7(2)11(15)18-4-8(3-10(13)14)12(16)19-6-9-5-17-9/h8-9H,1,3-6H2,2H3,(H,13,14). The molecule has 2 atom stereocenters. The number of carbonyl (C=O) groups excluding carboxylic acids is 2. The van der Waals surface area contributed by atoms with Gasteiger partial charge in [-0.05, 0) is 6.92 Å². The molecule has 1 aliphatic rings. The van der Waals surface area contributed by atoms with Gasteiger partial charge in [0, 0.05) is 5.57 Å². The highest BCUT2D eigenvalue weighted by Crippen LogP contribution is 2.13. The summed E-state index contributed by atoms with van der Waals surface area (Å²) in [6, 6.07) is 0. The summed E-state index contributed by atoms with van der Waals surface area (Å²) in [6.07, 6.45) is -0.569. The van der Waals surface area contributed by atoms with E-state index >= 15 is 0 Å². The van der Waals surface area contributed by atoms with Crippen LogP contribution in [0.5, 0.6) is 0 Å². The summed E-state index contributed by atoms with van der Waals surface area (Å²) in [5.41, 5.74) is 0.175. The van der Waals surface area contributed by atoms with E-state index in [1.807, 2.05) is 0 Å². The molecular formula is C12H16O7. The number of hydrogen-bond donors (Lipinski definition) is 1. The quantitative estimate of drug-likeness (QED) is 0.381. The van der Waals surface area contributed by atoms with E-state index in [0.717, 1.165) is 0 Å². The second-order valence-electron chi connectivity index (χ2n) is 4.26. The van der Waals surface area contributed by atoms with Crippen molar-refractivity contribution in [2.24, 2.45) is 5.92 Å².